The molecule has 0 atom stereocenters. The predicted molar refractivity (Wildman–Crippen MR) is 54.6 cm³/mol. The summed E-state index contributed by atoms with van der Waals surface area (Å²) in [6.45, 7) is 4.08. The number of nitrogens with one attached hydrogen (secondary N) is 1. The number of nitrogens with zero attached hydrogens (tertiary/aromatic N) is 1. The van der Waals surface area contributed by atoms with Crippen molar-refractivity contribution >= 4 is 23.3 Å². The molecule has 0 aromatic carbocycles. The van der Waals surface area contributed by atoms with Crippen LogP contribution < -0.4 is 5.32 Å². The molecule has 1 amide bonds. The van der Waals surface area contributed by atoms with E-state index in [0.717, 1.165) is 5.01 Å². The van der Waals surface area contributed by atoms with Crippen LogP contribution in [0.4, 0.5) is 0 Å². The van der Waals surface area contributed by atoms with Crippen LogP contribution in [0.25, 0.3) is 6.08 Å². The highest BCUT2D eigenvalue weighted by atomic mass is 32.1. The maximum atomic E-state index is 10.5. The third-order valence-corrected chi connectivity index (χ3v) is 2.25. The highest BCUT2D eigenvalue weighted by Crippen LogP contribution is 2.11. The van der Waals surface area contributed by atoms with Crippen LogP contribution in [0, 0.1) is 6.92 Å². The molecule has 0 aliphatic carbocycles. The van der Waals surface area contributed by atoms with Crippen LogP contribution in [-0.4, -0.2) is 17.4 Å². The number of amides is 1. The summed E-state index contributed by atoms with van der Waals surface area (Å²) in [7, 11) is 0. The van der Waals surface area contributed by atoms with Crippen LogP contribution in [0.15, 0.2) is 12.3 Å². The molecule has 1 aromatic rings. The molecule has 3 nitrogen and oxygen atoms in total. The Balaban J connectivity index is 2.36. The lowest BCUT2D eigenvalue weighted by Gasteiger charge is -1.92. The van der Waals surface area contributed by atoms with E-state index < -0.39 is 0 Å². The number of thiazole rings is 1. The van der Waals surface area contributed by atoms with Crippen LogP contribution in [0.5, 0.6) is 0 Å². The number of carbonyl (C=O) groups excluding carboxylic acids is 1. The topological polar surface area (TPSA) is 42.0 Å². The van der Waals surface area contributed by atoms with Crippen molar-refractivity contribution in [1.82, 2.24) is 10.3 Å². The van der Waals surface area contributed by atoms with E-state index in [1.165, 1.54) is 11.8 Å². The van der Waals surface area contributed by atoms with E-state index in [9.17, 15) is 4.79 Å². The van der Waals surface area contributed by atoms with E-state index in [2.05, 4.69) is 10.3 Å². The average molecular weight is 196 g/mol. The molecular weight excluding hydrogens is 184 g/mol. The third kappa shape index (κ3) is 3.85. The molecule has 0 spiro atoms. The van der Waals surface area contributed by atoms with Gasteiger partial charge in [-0.15, -0.1) is 11.3 Å². The maximum Gasteiger partial charge on any atom is 0.217 e. The first-order valence-corrected chi connectivity index (χ1v) is 4.83. The fourth-order valence-electron chi connectivity index (χ4n) is 0.812. The average Bonchev–Trinajstić information content (AvgIpc) is 2.45. The Bertz CT molecular complexity index is 317. The van der Waals surface area contributed by atoms with Crippen molar-refractivity contribution in [2.75, 3.05) is 6.54 Å². The standard InChI is InChI=1S/C9H12N2OS/c1-7-6-11-9(13-7)4-3-5-10-8(2)12/h3-4,6H,5H2,1-2H3,(H,10,12). The van der Waals surface area contributed by atoms with Crippen molar-refractivity contribution in [2.45, 2.75) is 13.8 Å². The van der Waals surface area contributed by atoms with Crippen LogP contribution in [0.3, 0.4) is 0 Å². The first-order valence-electron chi connectivity index (χ1n) is 4.02. The Morgan fingerprint density at radius 1 is 1.77 bits per heavy atom. The van der Waals surface area contributed by atoms with Crippen molar-refractivity contribution in [3.63, 3.8) is 0 Å². The Hall–Kier alpha value is -1.16. The molecule has 1 aromatic heterocycles. The highest BCUT2D eigenvalue weighted by molar-refractivity contribution is 7.12. The molecule has 0 saturated heterocycles. The van der Waals surface area contributed by atoms with Gasteiger partial charge < -0.3 is 5.32 Å². The summed E-state index contributed by atoms with van der Waals surface area (Å²) in [6.07, 6.45) is 5.63. The zero-order valence-corrected chi connectivity index (χ0v) is 8.52. The fraction of sp³-hybridized carbons (Fsp3) is 0.333. The van der Waals surface area contributed by atoms with Gasteiger partial charge in [0.15, 0.2) is 0 Å². The van der Waals surface area contributed by atoms with Gasteiger partial charge in [0.05, 0.1) is 0 Å². The normalized spacial score (nSPS) is 10.6. The largest absolute Gasteiger partial charge is 0.353 e. The van der Waals surface area contributed by atoms with E-state index in [0.29, 0.717) is 6.54 Å². The second kappa shape index (κ2) is 4.77. The van der Waals surface area contributed by atoms with Crippen LogP contribution >= 0.6 is 11.3 Å². The van der Waals surface area contributed by atoms with Gasteiger partial charge in [0.1, 0.15) is 5.01 Å². The summed E-state index contributed by atoms with van der Waals surface area (Å²) < 4.78 is 0. The summed E-state index contributed by atoms with van der Waals surface area (Å²) in [4.78, 5) is 15.8. The molecule has 0 unspecified atom stereocenters. The molecule has 0 fully saturated rings. The molecule has 13 heavy (non-hydrogen) atoms. The van der Waals surface area contributed by atoms with E-state index in [4.69, 9.17) is 0 Å². The zero-order valence-electron chi connectivity index (χ0n) is 7.70. The number of hydrogen-bond acceptors (Lipinski definition) is 3. The summed E-state index contributed by atoms with van der Waals surface area (Å²) in [5, 5.41) is 3.65. The second-order valence-corrected chi connectivity index (χ2v) is 3.91. The van der Waals surface area contributed by atoms with E-state index >= 15 is 0 Å². The third-order valence-electron chi connectivity index (χ3n) is 1.37. The lowest BCUT2D eigenvalue weighted by molar-refractivity contribution is -0.118. The van der Waals surface area contributed by atoms with E-state index in [1.54, 1.807) is 11.3 Å². The van der Waals surface area contributed by atoms with Crippen molar-refractivity contribution in [3.8, 4) is 0 Å². The minimum atomic E-state index is -0.0139. The Labute approximate surface area is 81.5 Å². The number of carbonyl (C=O) groups is 1. The zero-order chi connectivity index (χ0) is 9.68. The lowest BCUT2D eigenvalue weighted by Crippen LogP contribution is -2.19. The predicted octanol–water partition coefficient (Wildman–Crippen LogP) is 1.60. The summed E-state index contributed by atoms with van der Waals surface area (Å²) in [6, 6.07) is 0. The van der Waals surface area contributed by atoms with Crippen molar-refractivity contribution in [2.24, 2.45) is 0 Å². The molecular formula is C9H12N2OS. The quantitative estimate of drug-likeness (QED) is 0.797. The number of aromatic nitrogens is 1. The molecule has 0 aliphatic rings. The molecule has 0 radical (unpaired) electrons. The fourth-order valence-corrected chi connectivity index (χ4v) is 1.52. The SMILES string of the molecule is CC(=O)NCC=Cc1ncc(C)s1. The van der Waals surface area contributed by atoms with Gasteiger partial charge in [0, 0.05) is 24.5 Å². The summed E-state index contributed by atoms with van der Waals surface area (Å²) in [5.74, 6) is -0.0139. The Morgan fingerprint density at radius 3 is 3.08 bits per heavy atom. The molecule has 1 heterocycles. The van der Waals surface area contributed by atoms with Gasteiger partial charge in [0.25, 0.3) is 0 Å². The number of rotatable bonds is 3. The second-order valence-electron chi connectivity index (χ2n) is 2.65. The molecule has 0 saturated carbocycles. The van der Waals surface area contributed by atoms with Gasteiger partial charge >= 0.3 is 0 Å². The molecule has 70 valence electrons. The smallest absolute Gasteiger partial charge is 0.217 e. The highest BCUT2D eigenvalue weighted by Gasteiger charge is 1.92. The number of aryl methyl sites for hydroxylation is 1. The van der Waals surface area contributed by atoms with Crippen LogP contribution in [-0.2, 0) is 4.79 Å². The van der Waals surface area contributed by atoms with Gasteiger partial charge in [-0.3, -0.25) is 4.79 Å². The van der Waals surface area contributed by atoms with E-state index in [1.807, 2.05) is 25.3 Å². The first-order chi connectivity index (χ1) is 6.18. The molecule has 0 aliphatic heterocycles. The minimum absolute atomic E-state index is 0.0139. The van der Waals surface area contributed by atoms with Gasteiger partial charge in [-0.1, -0.05) is 6.08 Å². The monoisotopic (exact) mass is 196 g/mol. The minimum Gasteiger partial charge on any atom is -0.353 e. The molecule has 1 N–H and O–H groups in total. The van der Waals surface area contributed by atoms with Crippen LogP contribution in [0.2, 0.25) is 0 Å². The van der Waals surface area contributed by atoms with Gasteiger partial charge in [-0.2, -0.15) is 0 Å². The van der Waals surface area contributed by atoms with Gasteiger partial charge in [0.2, 0.25) is 5.91 Å². The summed E-state index contributed by atoms with van der Waals surface area (Å²) >= 11 is 1.64. The van der Waals surface area contributed by atoms with Crippen molar-refractivity contribution < 1.29 is 4.79 Å². The molecule has 4 heteroatoms. The lowest BCUT2D eigenvalue weighted by atomic mass is 10.5. The van der Waals surface area contributed by atoms with Gasteiger partial charge in [-0.05, 0) is 13.0 Å². The van der Waals surface area contributed by atoms with Gasteiger partial charge in [-0.25, -0.2) is 4.98 Å². The Kier molecular flexibility index (Phi) is 3.64. The molecule has 0 bridgehead atoms. The van der Waals surface area contributed by atoms with E-state index in [-0.39, 0.29) is 5.91 Å². The van der Waals surface area contributed by atoms with Crippen molar-refractivity contribution in [1.29, 1.82) is 0 Å². The molecule has 1 rings (SSSR count). The van der Waals surface area contributed by atoms with Crippen LogP contribution in [0.1, 0.15) is 16.8 Å². The number of hydrogen-bond donors (Lipinski definition) is 1. The maximum absolute atomic E-state index is 10.5. The van der Waals surface area contributed by atoms with Crippen molar-refractivity contribution in [3.05, 3.63) is 22.2 Å². The first kappa shape index (κ1) is 9.92. The summed E-state index contributed by atoms with van der Waals surface area (Å²) in [5.41, 5.74) is 0. The Morgan fingerprint density at radius 2 is 2.54 bits per heavy atom.